The van der Waals surface area contributed by atoms with Gasteiger partial charge in [0, 0.05) is 16.4 Å². The number of nitrogens with one attached hydrogen (secondary N) is 1. The zero-order valence-corrected chi connectivity index (χ0v) is 4.65. The van der Waals surface area contributed by atoms with Crippen LogP contribution in [0.1, 0.15) is 29.2 Å². The summed E-state index contributed by atoms with van der Waals surface area (Å²) in [7, 11) is 0. The molecule has 0 aliphatic rings. The van der Waals surface area contributed by atoms with E-state index in [2.05, 4.69) is 0 Å². The van der Waals surface area contributed by atoms with Crippen molar-refractivity contribution in [1.29, 1.82) is 0 Å². The zero-order chi connectivity index (χ0) is 17.7. The number of nitrogens with two attached hydrogens (primary N) is 2. The van der Waals surface area contributed by atoms with Gasteiger partial charge in [0.25, 0.3) is 0 Å². The van der Waals surface area contributed by atoms with Crippen LogP contribution in [0.3, 0.4) is 0 Å². The Morgan fingerprint density at radius 2 is 1.56 bits per heavy atom. The summed E-state index contributed by atoms with van der Waals surface area (Å²) in [6.45, 7) is -13.4. The lowest BCUT2D eigenvalue weighted by molar-refractivity contribution is 0.631. The molecule has 0 aromatic heterocycles. The first kappa shape index (κ1) is 1.40. The standard InChI is InChI=1S/C6H17N3/c7-3-1-5-9-6-2-4-8/h9H,1-8H2/i1D2,2D2,3D2,4D2,5D2,6D2. The molecule has 9 heavy (non-hydrogen) atoms. The Bertz CT molecular complexity index is 343. The first-order valence-electron chi connectivity index (χ1n) is 8.08. The van der Waals surface area contributed by atoms with Gasteiger partial charge in [-0.05, 0) is 38.7 Å². The van der Waals surface area contributed by atoms with Gasteiger partial charge >= 0.3 is 0 Å². The molecule has 0 fully saturated rings. The van der Waals surface area contributed by atoms with E-state index in [1.165, 1.54) is 5.32 Å². The summed E-state index contributed by atoms with van der Waals surface area (Å²) in [5, 5.41) is 1.30. The highest BCUT2D eigenvalue weighted by atomic mass is 14.8. The summed E-state index contributed by atoms with van der Waals surface area (Å²) in [6, 6.07) is 0. The smallest absolute Gasteiger partial charge is 0.0428 e. The summed E-state index contributed by atoms with van der Waals surface area (Å²) in [6.07, 6.45) is -6.91. The van der Waals surface area contributed by atoms with Crippen molar-refractivity contribution in [3.05, 3.63) is 0 Å². The fourth-order valence-corrected chi connectivity index (χ4v) is 0.166. The molecule has 5 N–H and O–H groups in total. The minimum absolute atomic E-state index is 1.30. The van der Waals surface area contributed by atoms with Crippen molar-refractivity contribution in [2.75, 3.05) is 26.0 Å². The zero-order valence-electron chi connectivity index (χ0n) is 16.7. The largest absolute Gasteiger partial charge is 0.330 e. The minimum atomic E-state index is -3.46. The van der Waals surface area contributed by atoms with Crippen LogP contribution in [0.5, 0.6) is 0 Å². The van der Waals surface area contributed by atoms with Crippen molar-refractivity contribution in [3.63, 3.8) is 0 Å². The third-order valence-electron chi connectivity index (χ3n) is 0.394. The second-order valence-electron chi connectivity index (χ2n) is 0.914. The van der Waals surface area contributed by atoms with E-state index in [0.717, 1.165) is 0 Å². The topological polar surface area (TPSA) is 64.1 Å². The maximum atomic E-state index is 7.42. The molecule has 0 aromatic carbocycles. The Balaban J connectivity index is 5.65. The normalized spacial score (nSPS) is 39.3. The summed E-state index contributed by atoms with van der Waals surface area (Å²) in [4.78, 5) is 0. The Kier molecular flexibility index (Phi) is 1.22. The van der Waals surface area contributed by atoms with Gasteiger partial charge in [-0.15, -0.1) is 0 Å². The molecule has 0 spiro atoms. The first-order valence-corrected chi connectivity index (χ1v) is 2.08. The summed E-state index contributed by atoms with van der Waals surface area (Å²) in [5.74, 6) is 0. The maximum absolute atomic E-state index is 7.42. The molecule has 0 heterocycles. The van der Waals surface area contributed by atoms with Crippen LogP contribution in [-0.4, -0.2) is 26.0 Å². The molecule has 0 rings (SSSR count). The van der Waals surface area contributed by atoms with Crippen LogP contribution in [0, 0.1) is 0 Å². The number of hydrogen-bond acceptors (Lipinski definition) is 3. The van der Waals surface area contributed by atoms with Crippen LogP contribution >= 0.6 is 0 Å². The van der Waals surface area contributed by atoms with E-state index >= 15 is 0 Å². The van der Waals surface area contributed by atoms with Crippen LogP contribution in [0.25, 0.3) is 0 Å². The molecular formula is C6H17N3. The Hall–Kier alpha value is -0.120. The van der Waals surface area contributed by atoms with E-state index in [1.54, 1.807) is 0 Å². The summed E-state index contributed by atoms with van der Waals surface area (Å²) in [5.41, 5.74) is 9.75. The highest BCUT2D eigenvalue weighted by Gasteiger charge is 1.83. The molecule has 0 atom stereocenters. The van der Waals surface area contributed by atoms with Gasteiger partial charge in [-0.25, -0.2) is 0 Å². The second kappa shape index (κ2) is 7.88. The van der Waals surface area contributed by atoms with E-state index in [4.69, 9.17) is 27.9 Å². The first-order chi connectivity index (χ1) is 8.71. The molecule has 0 radical (unpaired) electrons. The van der Waals surface area contributed by atoms with Crippen LogP contribution in [0.2, 0.25) is 0 Å². The minimum Gasteiger partial charge on any atom is -0.330 e. The average Bonchev–Trinajstić information content (AvgIpc) is 2.11. The fourth-order valence-electron chi connectivity index (χ4n) is 0.166. The second-order valence-corrected chi connectivity index (χ2v) is 0.914. The van der Waals surface area contributed by atoms with Crippen molar-refractivity contribution in [2.24, 2.45) is 11.5 Å². The Labute approximate surface area is 73.7 Å². The van der Waals surface area contributed by atoms with E-state index in [-0.39, 0.29) is 0 Å². The van der Waals surface area contributed by atoms with E-state index in [1.807, 2.05) is 0 Å². The molecule has 56 valence electrons. The van der Waals surface area contributed by atoms with Crippen molar-refractivity contribution in [2.45, 2.75) is 12.7 Å². The summed E-state index contributed by atoms with van der Waals surface area (Å²) < 4.78 is 87.2. The van der Waals surface area contributed by atoms with Crippen molar-refractivity contribution >= 4 is 0 Å². The van der Waals surface area contributed by atoms with Crippen LogP contribution in [-0.2, 0) is 0 Å². The van der Waals surface area contributed by atoms with Crippen LogP contribution < -0.4 is 16.8 Å². The van der Waals surface area contributed by atoms with Gasteiger partial charge in [0.2, 0.25) is 0 Å². The van der Waals surface area contributed by atoms with Crippen molar-refractivity contribution in [3.8, 4) is 0 Å². The monoisotopic (exact) mass is 143 g/mol. The van der Waals surface area contributed by atoms with Gasteiger partial charge in [0.05, 0.1) is 0 Å². The highest BCUT2D eigenvalue weighted by molar-refractivity contribution is 4.48. The van der Waals surface area contributed by atoms with Crippen molar-refractivity contribution in [1.82, 2.24) is 5.32 Å². The van der Waals surface area contributed by atoms with Gasteiger partial charge < -0.3 is 16.8 Å². The quantitative estimate of drug-likeness (QED) is 0.459. The molecule has 0 aliphatic heterocycles. The number of hydrogen-bond donors (Lipinski definition) is 3. The fraction of sp³-hybridized carbons (Fsp3) is 1.00. The molecule has 3 nitrogen and oxygen atoms in total. The molecule has 0 aromatic rings. The van der Waals surface area contributed by atoms with Gasteiger partial charge in [-0.2, -0.15) is 0 Å². The Morgan fingerprint density at radius 1 is 1.11 bits per heavy atom. The molecule has 0 bridgehead atoms. The third-order valence-corrected chi connectivity index (χ3v) is 0.394. The van der Waals surface area contributed by atoms with E-state index in [0.29, 0.717) is 0 Å². The van der Waals surface area contributed by atoms with Crippen molar-refractivity contribution < 1.29 is 16.4 Å². The molecule has 0 aliphatic carbocycles. The molecule has 0 amide bonds. The maximum Gasteiger partial charge on any atom is 0.0428 e. The van der Waals surface area contributed by atoms with Gasteiger partial charge in [0.1, 0.15) is 0 Å². The lowest BCUT2D eigenvalue weighted by atomic mass is 10.4. The highest BCUT2D eigenvalue weighted by Crippen LogP contribution is 1.72. The Morgan fingerprint density at radius 3 is 1.89 bits per heavy atom. The molecule has 0 saturated heterocycles. The van der Waals surface area contributed by atoms with E-state index in [9.17, 15) is 0 Å². The number of rotatable bonds is 6. The third kappa shape index (κ3) is 7.88. The van der Waals surface area contributed by atoms with E-state index < -0.39 is 38.7 Å². The van der Waals surface area contributed by atoms with Gasteiger partial charge in [-0.1, -0.05) is 0 Å². The lowest BCUT2D eigenvalue weighted by Gasteiger charge is -2.00. The SMILES string of the molecule is [2H]C([2H])(N)C([2H])([2H])C([2H])([2H])NC([2H])([2H])C([2H])([2H])C([2H])([2H])N. The predicted octanol–water partition coefficient (Wildman–Crippen LogP) is -0.726. The average molecular weight is 143 g/mol. The van der Waals surface area contributed by atoms with Gasteiger partial charge in [0.15, 0.2) is 0 Å². The molecule has 0 saturated carbocycles. The lowest BCUT2D eigenvalue weighted by Crippen LogP contribution is -2.21. The molecule has 3 heteroatoms. The predicted molar refractivity (Wildman–Crippen MR) is 40.2 cm³/mol. The van der Waals surface area contributed by atoms with Gasteiger partial charge in [-0.3, -0.25) is 0 Å². The molecular weight excluding hydrogens is 114 g/mol. The summed E-state index contributed by atoms with van der Waals surface area (Å²) >= 11 is 0. The molecule has 0 unspecified atom stereocenters. The van der Waals surface area contributed by atoms with Crippen LogP contribution in [0.4, 0.5) is 0 Å². The van der Waals surface area contributed by atoms with Crippen LogP contribution in [0.15, 0.2) is 0 Å².